The summed E-state index contributed by atoms with van der Waals surface area (Å²) in [4.78, 5) is 19.5. The molecule has 0 N–H and O–H groups in total. The molecule has 3 rings (SSSR count). The molecule has 0 spiro atoms. The van der Waals surface area contributed by atoms with Gasteiger partial charge in [-0.05, 0) is 43.7 Å². The first-order chi connectivity index (χ1) is 12.3. The van der Waals surface area contributed by atoms with Crippen LogP contribution < -0.4 is 0 Å². The Labute approximate surface area is 150 Å². The van der Waals surface area contributed by atoms with Crippen LogP contribution in [0.3, 0.4) is 0 Å². The molecule has 2 atom stereocenters. The summed E-state index contributed by atoms with van der Waals surface area (Å²) in [5.41, 5.74) is 0.761. The van der Waals surface area contributed by atoms with E-state index < -0.39 is 17.8 Å². The number of rotatable bonds is 3. The summed E-state index contributed by atoms with van der Waals surface area (Å²) in [6.45, 7) is 5.52. The normalized spacial score (nSPS) is 21.0. The van der Waals surface area contributed by atoms with E-state index >= 15 is 0 Å². The van der Waals surface area contributed by atoms with Crippen LogP contribution in [-0.4, -0.2) is 45.9 Å². The first-order valence-corrected chi connectivity index (χ1v) is 8.46. The smallest absolute Gasteiger partial charge is 0.258 e. The molecule has 4 nitrogen and oxygen atoms in total. The van der Waals surface area contributed by atoms with Crippen molar-refractivity contribution in [2.24, 2.45) is 0 Å². The molecule has 1 amide bonds. The fourth-order valence-electron chi connectivity index (χ4n) is 3.25. The van der Waals surface area contributed by atoms with Gasteiger partial charge in [-0.3, -0.25) is 9.69 Å². The molecule has 0 aliphatic carbocycles. The van der Waals surface area contributed by atoms with Crippen molar-refractivity contribution in [3.8, 4) is 0 Å². The van der Waals surface area contributed by atoms with E-state index in [4.69, 9.17) is 0 Å². The lowest BCUT2D eigenvalue weighted by Crippen LogP contribution is -2.57. The third-order valence-electron chi connectivity index (χ3n) is 4.72. The zero-order valence-corrected chi connectivity index (χ0v) is 14.6. The van der Waals surface area contributed by atoms with E-state index in [1.807, 2.05) is 13.8 Å². The zero-order valence-electron chi connectivity index (χ0n) is 14.6. The predicted molar refractivity (Wildman–Crippen MR) is 90.9 cm³/mol. The Hall–Kier alpha value is -2.41. The third-order valence-corrected chi connectivity index (χ3v) is 4.72. The van der Waals surface area contributed by atoms with Crippen LogP contribution in [0.5, 0.6) is 0 Å². The maximum atomic E-state index is 13.8. The van der Waals surface area contributed by atoms with Gasteiger partial charge in [-0.15, -0.1) is 0 Å². The minimum absolute atomic E-state index is 0.0386. The summed E-state index contributed by atoms with van der Waals surface area (Å²) >= 11 is 0. The second-order valence-electron chi connectivity index (χ2n) is 6.68. The Morgan fingerprint density at radius 1 is 1.04 bits per heavy atom. The summed E-state index contributed by atoms with van der Waals surface area (Å²) in [7, 11) is 0. The van der Waals surface area contributed by atoms with E-state index in [1.165, 1.54) is 12.1 Å². The van der Waals surface area contributed by atoms with E-state index in [2.05, 4.69) is 9.88 Å². The highest BCUT2D eigenvalue weighted by molar-refractivity contribution is 5.94. The van der Waals surface area contributed by atoms with Gasteiger partial charge in [0.1, 0.15) is 5.82 Å². The fraction of sp³-hybridized carbons (Fsp3) is 0.368. The van der Waals surface area contributed by atoms with E-state index in [9.17, 15) is 18.0 Å². The van der Waals surface area contributed by atoms with Gasteiger partial charge in [0.25, 0.3) is 5.91 Å². The number of carbonyl (C=O) groups excluding carboxylic acids is 1. The number of piperazine rings is 1. The molecule has 2 aromatic rings. The molecule has 1 aliphatic rings. The second kappa shape index (κ2) is 7.45. The molecule has 2 heterocycles. The number of hydrogen-bond acceptors (Lipinski definition) is 3. The third kappa shape index (κ3) is 3.88. The summed E-state index contributed by atoms with van der Waals surface area (Å²) in [5.74, 6) is -2.82. The lowest BCUT2D eigenvalue weighted by atomic mass is 10.1. The maximum Gasteiger partial charge on any atom is 0.258 e. The number of halogens is 3. The van der Waals surface area contributed by atoms with Crippen molar-refractivity contribution in [3.05, 3.63) is 65.2 Å². The quantitative estimate of drug-likeness (QED) is 0.786. The Bertz CT molecular complexity index is 797. The summed E-state index contributed by atoms with van der Waals surface area (Å²) in [5, 5.41) is 0. The van der Waals surface area contributed by atoms with Gasteiger partial charge in [-0.1, -0.05) is 12.1 Å². The minimum Gasteiger partial charge on any atom is -0.333 e. The van der Waals surface area contributed by atoms with Gasteiger partial charge in [0, 0.05) is 31.7 Å². The monoisotopic (exact) mass is 363 g/mol. The molecule has 1 aromatic heterocycles. The predicted octanol–water partition coefficient (Wildman–Crippen LogP) is 3.23. The molecule has 1 aliphatic heterocycles. The summed E-state index contributed by atoms with van der Waals surface area (Å²) in [6, 6.07) is 8.33. The van der Waals surface area contributed by atoms with Crippen molar-refractivity contribution in [1.82, 2.24) is 14.8 Å². The fourth-order valence-corrected chi connectivity index (χ4v) is 3.25. The van der Waals surface area contributed by atoms with Gasteiger partial charge in [0.05, 0.1) is 5.56 Å². The summed E-state index contributed by atoms with van der Waals surface area (Å²) in [6.07, 6.45) is 0. The van der Waals surface area contributed by atoms with Crippen LogP contribution in [0, 0.1) is 17.7 Å². The largest absolute Gasteiger partial charge is 0.333 e. The van der Waals surface area contributed by atoms with Crippen LogP contribution in [0.2, 0.25) is 0 Å². The molecule has 1 saturated heterocycles. The average molecular weight is 363 g/mol. The first-order valence-electron chi connectivity index (χ1n) is 8.46. The van der Waals surface area contributed by atoms with Gasteiger partial charge in [-0.2, -0.15) is 13.8 Å². The molecular formula is C19H20F3N3O. The van der Waals surface area contributed by atoms with Crippen molar-refractivity contribution in [1.29, 1.82) is 0 Å². The number of amides is 1. The molecule has 1 fully saturated rings. The number of pyridine rings is 1. The standard InChI is InChI=1S/C19H20F3N3O/c1-12-10-25(19(26)16-7-8-17(21)23-18(16)22)13(2)9-24(12)11-14-3-5-15(20)6-4-14/h3-8,12-13H,9-11H2,1-2H3/t12-,13+/m0/s1. The summed E-state index contributed by atoms with van der Waals surface area (Å²) < 4.78 is 39.9. The molecule has 26 heavy (non-hydrogen) atoms. The van der Waals surface area contributed by atoms with Crippen LogP contribution in [0.15, 0.2) is 36.4 Å². The Morgan fingerprint density at radius 3 is 2.38 bits per heavy atom. The van der Waals surface area contributed by atoms with Crippen LogP contribution >= 0.6 is 0 Å². The molecule has 0 unspecified atom stereocenters. The van der Waals surface area contributed by atoms with E-state index in [1.54, 1.807) is 17.0 Å². The van der Waals surface area contributed by atoms with Gasteiger partial charge >= 0.3 is 0 Å². The van der Waals surface area contributed by atoms with Gasteiger partial charge in [0.15, 0.2) is 0 Å². The van der Waals surface area contributed by atoms with Crippen LogP contribution in [-0.2, 0) is 6.54 Å². The molecule has 0 bridgehead atoms. The van der Waals surface area contributed by atoms with Crippen LogP contribution in [0.4, 0.5) is 13.2 Å². The van der Waals surface area contributed by atoms with Gasteiger partial charge < -0.3 is 4.90 Å². The first kappa shape index (κ1) is 18.4. The highest BCUT2D eigenvalue weighted by Gasteiger charge is 2.33. The Kier molecular flexibility index (Phi) is 5.27. The Morgan fingerprint density at radius 2 is 1.73 bits per heavy atom. The highest BCUT2D eigenvalue weighted by atomic mass is 19.1. The topological polar surface area (TPSA) is 36.4 Å². The van der Waals surface area contributed by atoms with Crippen molar-refractivity contribution in [2.75, 3.05) is 13.1 Å². The zero-order chi connectivity index (χ0) is 18.8. The van der Waals surface area contributed by atoms with Crippen LogP contribution in [0.25, 0.3) is 0 Å². The molecule has 0 radical (unpaired) electrons. The minimum atomic E-state index is -1.09. The Balaban J connectivity index is 1.71. The SMILES string of the molecule is C[C@@H]1CN(Cc2ccc(F)cc2)[C@@H](C)CN1C(=O)c1ccc(F)nc1F. The maximum absolute atomic E-state index is 13.8. The second-order valence-corrected chi connectivity index (χ2v) is 6.68. The van der Waals surface area contributed by atoms with Crippen LogP contribution in [0.1, 0.15) is 29.8 Å². The highest BCUT2D eigenvalue weighted by Crippen LogP contribution is 2.21. The van der Waals surface area contributed by atoms with Crippen molar-refractivity contribution >= 4 is 5.91 Å². The number of benzene rings is 1. The van der Waals surface area contributed by atoms with Gasteiger partial charge in [-0.25, -0.2) is 4.39 Å². The van der Waals surface area contributed by atoms with Crippen molar-refractivity contribution in [3.63, 3.8) is 0 Å². The van der Waals surface area contributed by atoms with Gasteiger partial charge in [0.2, 0.25) is 11.9 Å². The van der Waals surface area contributed by atoms with E-state index in [0.29, 0.717) is 19.6 Å². The number of hydrogen-bond donors (Lipinski definition) is 0. The lowest BCUT2D eigenvalue weighted by molar-refractivity contribution is 0.0286. The van der Waals surface area contributed by atoms with Crippen molar-refractivity contribution in [2.45, 2.75) is 32.5 Å². The number of aromatic nitrogens is 1. The molecule has 1 aromatic carbocycles. The number of carbonyl (C=O) groups is 1. The molecule has 138 valence electrons. The average Bonchev–Trinajstić information content (AvgIpc) is 2.59. The molecule has 0 saturated carbocycles. The van der Waals surface area contributed by atoms with Crippen molar-refractivity contribution < 1.29 is 18.0 Å². The number of nitrogens with zero attached hydrogens (tertiary/aromatic N) is 3. The lowest BCUT2D eigenvalue weighted by Gasteiger charge is -2.44. The molecular weight excluding hydrogens is 343 g/mol. The van der Waals surface area contributed by atoms with E-state index in [0.717, 1.165) is 17.7 Å². The molecule has 7 heteroatoms. The van der Waals surface area contributed by atoms with E-state index in [-0.39, 0.29) is 23.5 Å².